The number of hydrogen-bond acceptors (Lipinski definition) is 4. The molecule has 0 atom stereocenters. The van der Waals surface area contributed by atoms with E-state index in [-0.39, 0.29) is 5.91 Å². The summed E-state index contributed by atoms with van der Waals surface area (Å²) in [4.78, 5) is 14.0. The third-order valence-corrected chi connectivity index (χ3v) is 3.16. The zero-order chi connectivity index (χ0) is 12.0. The zero-order valence-electron chi connectivity index (χ0n) is 10.3. The molecule has 0 bridgehead atoms. The van der Waals surface area contributed by atoms with Crippen molar-refractivity contribution in [3.63, 3.8) is 0 Å². The molecule has 0 unspecified atom stereocenters. The number of ether oxygens (including phenoxy) is 1. The van der Waals surface area contributed by atoms with Gasteiger partial charge in [-0.25, -0.2) is 0 Å². The lowest BCUT2D eigenvalue weighted by atomic mass is 9.90. The maximum Gasteiger partial charge on any atom is 0.240 e. The highest BCUT2D eigenvalue weighted by atomic mass is 16.5. The fraction of sp³-hybridized carbons (Fsp3) is 0.909. The highest BCUT2D eigenvalue weighted by Gasteiger charge is 2.35. The number of nitrogens with zero attached hydrogens (tertiary/aromatic N) is 1. The molecular formula is C11H23N3O2. The maximum atomic E-state index is 11.9. The molecule has 0 aromatic heterocycles. The zero-order valence-corrected chi connectivity index (χ0v) is 10.3. The molecule has 0 aromatic rings. The predicted octanol–water partition coefficient (Wildman–Crippen LogP) is -0.438. The van der Waals surface area contributed by atoms with Gasteiger partial charge in [-0.05, 0) is 26.4 Å². The van der Waals surface area contributed by atoms with Gasteiger partial charge in [-0.3, -0.25) is 4.79 Å². The summed E-state index contributed by atoms with van der Waals surface area (Å²) in [6, 6.07) is 0. The Morgan fingerprint density at radius 1 is 1.50 bits per heavy atom. The number of likely N-dealkylation sites (N-methyl/N-ethyl adjacent to an activating group) is 1. The van der Waals surface area contributed by atoms with E-state index >= 15 is 0 Å². The molecule has 16 heavy (non-hydrogen) atoms. The first kappa shape index (κ1) is 13.4. The summed E-state index contributed by atoms with van der Waals surface area (Å²) in [6.07, 6.45) is 1.23. The molecule has 1 fully saturated rings. The summed E-state index contributed by atoms with van der Waals surface area (Å²) in [6.45, 7) is 5.75. The summed E-state index contributed by atoms with van der Waals surface area (Å²) in [7, 11) is 2.03. The van der Waals surface area contributed by atoms with Crippen LogP contribution in [0.1, 0.15) is 19.8 Å². The van der Waals surface area contributed by atoms with Crippen LogP contribution in [0, 0.1) is 0 Å². The minimum atomic E-state index is -0.719. The molecule has 0 aliphatic carbocycles. The topological polar surface area (TPSA) is 67.6 Å². The van der Waals surface area contributed by atoms with Gasteiger partial charge in [0.05, 0.1) is 5.54 Å². The van der Waals surface area contributed by atoms with Gasteiger partial charge in [0.2, 0.25) is 5.91 Å². The van der Waals surface area contributed by atoms with Gasteiger partial charge in [0, 0.05) is 26.3 Å². The number of rotatable bonds is 5. The summed E-state index contributed by atoms with van der Waals surface area (Å²) >= 11 is 0. The fourth-order valence-corrected chi connectivity index (χ4v) is 1.66. The van der Waals surface area contributed by atoms with Crippen LogP contribution >= 0.6 is 0 Å². The Morgan fingerprint density at radius 2 is 2.12 bits per heavy atom. The van der Waals surface area contributed by atoms with E-state index in [2.05, 4.69) is 17.1 Å². The van der Waals surface area contributed by atoms with Gasteiger partial charge in [-0.2, -0.15) is 0 Å². The van der Waals surface area contributed by atoms with Crippen molar-refractivity contribution >= 4 is 5.91 Å². The molecule has 0 saturated carbocycles. The quantitative estimate of drug-likeness (QED) is 0.671. The molecule has 0 radical (unpaired) electrons. The lowest BCUT2D eigenvalue weighted by Gasteiger charge is -2.32. The molecule has 1 rings (SSSR count). The number of carbonyl (C=O) groups is 1. The Morgan fingerprint density at radius 3 is 2.69 bits per heavy atom. The lowest BCUT2D eigenvalue weighted by Crippen LogP contribution is -2.57. The second-order valence-electron chi connectivity index (χ2n) is 4.42. The largest absolute Gasteiger partial charge is 0.381 e. The molecule has 1 aliphatic rings. The molecule has 94 valence electrons. The second-order valence-corrected chi connectivity index (χ2v) is 4.42. The molecule has 1 amide bonds. The number of nitrogens with two attached hydrogens (primary N) is 1. The Labute approximate surface area is 97.3 Å². The highest BCUT2D eigenvalue weighted by molar-refractivity contribution is 5.86. The van der Waals surface area contributed by atoms with Crippen LogP contribution in [0.15, 0.2) is 0 Å². The smallest absolute Gasteiger partial charge is 0.240 e. The Hall–Kier alpha value is -0.650. The fourth-order valence-electron chi connectivity index (χ4n) is 1.66. The van der Waals surface area contributed by atoms with Crippen molar-refractivity contribution in [3.8, 4) is 0 Å². The van der Waals surface area contributed by atoms with E-state index < -0.39 is 5.54 Å². The molecular weight excluding hydrogens is 206 g/mol. The molecule has 0 aromatic carbocycles. The number of hydrogen-bond donors (Lipinski definition) is 2. The van der Waals surface area contributed by atoms with E-state index in [1.165, 1.54) is 0 Å². The minimum Gasteiger partial charge on any atom is -0.381 e. The number of nitrogens with one attached hydrogen (secondary N) is 1. The van der Waals surface area contributed by atoms with Crippen LogP contribution in [-0.4, -0.2) is 56.2 Å². The summed E-state index contributed by atoms with van der Waals surface area (Å²) < 4.78 is 5.21. The lowest BCUT2D eigenvalue weighted by molar-refractivity contribution is -0.129. The first-order valence-corrected chi connectivity index (χ1v) is 5.92. The first-order chi connectivity index (χ1) is 7.58. The maximum absolute atomic E-state index is 11.9. The van der Waals surface area contributed by atoms with E-state index in [1.807, 2.05) is 7.05 Å². The third-order valence-electron chi connectivity index (χ3n) is 3.16. The van der Waals surface area contributed by atoms with Gasteiger partial charge >= 0.3 is 0 Å². The Bertz CT molecular complexity index is 227. The van der Waals surface area contributed by atoms with Crippen molar-refractivity contribution in [1.82, 2.24) is 10.2 Å². The number of amides is 1. The van der Waals surface area contributed by atoms with Crippen LogP contribution in [0.25, 0.3) is 0 Å². The Balaban J connectivity index is 2.28. The number of carbonyl (C=O) groups excluding carboxylic acids is 1. The summed E-state index contributed by atoms with van der Waals surface area (Å²) in [5.74, 6) is -0.0414. The van der Waals surface area contributed by atoms with Crippen LogP contribution < -0.4 is 11.1 Å². The van der Waals surface area contributed by atoms with Crippen LogP contribution in [-0.2, 0) is 9.53 Å². The first-order valence-electron chi connectivity index (χ1n) is 5.92. The van der Waals surface area contributed by atoms with Crippen LogP contribution in [0.4, 0.5) is 0 Å². The van der Waals surface area contributed by atoms with Crippen LogP contribution in [0.2, 0.25) is 0 Å². The van der Waals surface area contributed by atoms with Gasteiger partial charge in [-0.1, -0.05) is 6.92 Å². The average molecular weight is 229 g/mol. The van der Waals surface area contributed by atoms with Crippen molar-refractivity contribution in [3.05, 3.63) is 0 Å². The van der Waals surface area contributed by atoms with E-state index in [1.54, 1.807) is 0 Å². The predicted molar refractivity (Wildman–Crippen MR) is 63.2 cm³/mol. The average Bonchev–Trinajstić information content (AvgIpc) is 2.29. The van der Waals surface area contributed by atoms with E-state index in [9.17, 15) is 4.79 Å². The van der Waals surface area contributed by atoms with Gasteiger partial charge in [0.1, 0.15) is 0 Å². The SMILES string of the molecule is CCN(C)CCNC(=O)C1(N)CCOCC1. The highest BCUT2D eigenvalue weighted by Crippen LogP contribution is 2.17. The third kappa shape index (κ3) is 3.73. The van der Waals surface area contributed by atoms with Crippen molar-refractivity contribution in [2.45, 2.75) is 25.3 Å². The van der Waals surface area contributed by atoms with Crippen molar-refractivity contribution in [1.29, 1.82) is 0 Å². The molecule has 1 saturated heterocycles. The van der Waals surface area contributed by atoms with Crippen LogP contribution in [0.3, 0.4) is 0 Å². The molecule has 5 nitrogen and oxygen atoms in total. The van der Waals surface area contributed by atoms with Crippen LogP contribution in [0.5, 0.6) is 0 Å². The van der Waals surface area contributed by atoms with Gasteiger partial charge < -0.3 is 20.7 Å². The van der Waals surface area contributed by atoms with Crippen molar-refractivity contribution in [2.24, 2.45) is 5.73 Å². The van der Waals surface area contributed by atoms with Crippen molar-refractivity contribution < 1.29 is 9.53 Å². The minimum absolute atomic E-state index is 0.0414. The van der Waals surface area contributed by atoms with Gasteiger partial charge in [-0.15, -0.1) is 0 Å². The molecule has 1 heterocycles. The molecule has 1 aliphatic heterocycles. The second kappa shape index (κ2) is 6.18. The van der Waals surface area contributed by atoms with E-state index in [0.717, 1.165) is 13.1 Å². The van der Waals surface area contributed by atoms with Gasteiger partial charge in [0.15, 0.2) is 0 Å². The molecule has 3 N–H and O–H groups in total. The monoisotopic (exact) mass is 229 g/mol. The summed E-state index contributed by atoms with van der Waals surface area (Å²) in [5, 5.41) is 2.90. The summed E-state index contributed by atoms with van der Waals surface area (Å²) in [5.41, 5.74) is 5.33. The van der Waals surface area contributed by atoms with E-state index in [4.69, 9.17) is 10.5 Å². The van der Waals surface area contributed by atoms with E-state index in [0.29, 0.717) is 32.6 Å². The van der Waals surface area contributed by atoms with Gasteiger partial charge in [0.25, 0.3) is 0 Å². The molecule has 5 heteroatoms. The Kier molecular flexibility index (Phi) is 5.18. The van der Waals surface area contributed by atoms with Crippen molar-refractivity contribution in [2.75, 3.05) is 39.9 Å². The molecule has 0 spiro atoms. The normalized spacial score (nSPS) is 19.8. The standard InChI is InChI=1S/C11H23N3O2/c1-3-14(2)7-6-13-10(15)11(12)4-8-16-9-5-11/h3-9,12H2,1-2H3,(H,13,15).